The molecule has 0 spiro atoms. The summed E-state index contributed by atoms with van der Waals surface area (Å²) in [6.07, 6.45) is 0.867. The maximum Gasteiger partial charge on any atom is 0.163 e. The highest BCUT2D eigenvalue weighted by Gasteiger charge is 2.54. The zero-order valence-corrected chi connectivity index (χ0v) is 12.1. The molecule has 0 bridgehead atoms. The van der Waals surface area contributed by atoms with Gasteiger partial charge in [-0.25, -0.2) is 0 Å². The highest BCUT2D eigenvalue weighted by molar-refractivity contribution is 4.98. The van der Waals surface area contributed by atoms with E-state index in [0.717, 1.165) is 6.42 Å². The van der Waals surface area contributed by atoms with Gasteiger partial charge in [-0.3, -0.25) is 0 Å². The smallest absolute Gasteiger partial charge is 0.163 e. The predicted molar refractivity (Wildman–Crippen MR) is 67.6 cm³/mol. The summed E-state index contributed by atoms with van der Waals surface area (Å²) in [5.74, 6) is -0.227. The molecule has 6 atom stereocenters. The van der Waals surface area contributed by atoms with Gasteiger partial charge in [0.05, 0.1) is 18.8 Å². The molecule has 3 rings (SSSR count). The van der Waals surface area contributed by atoms with Crippen LogP contribution in [0.3, 0.4) is 0 Å². The van der Waals surface area contributed by atoms with Crippen LogP contribution in [0.25, 0.3) is 0 Å². The zero-order valence-electron chi connectivity index (χ0n) is 12.1. The summed E-state index contributed by atoms with van der Waals surface area (Å²) < 4.78 is 29.4. The molecule has 0 aromatic heterocycles. The van der Waals surface area contributed by atoms with Gasteiger partial charge in [0, 0.05) is 18.9 Å². The molecule has 0 aliphatic carbocycles. The molecule has 5 heteroatoms. The Hall–Kier alpha value is -0.200. The molecule has 0 aromatic rings. The van der Waals surface area contributed by atoms with Gasteiger partial charge in [-0.2, -0.15) is 0 Å². The molecule has 1 unspecified atom stereocenters. The van der Waals surface area contributed by atoms with Crippen LogP contribution < -0.4 is 0 Å². The van der Waals surface area contributed by atoms with Crippen molar-refractivity contribution >= 4 is 0 Å². The Labute approximate surface area is 114 Å². The lowest BCUT2D eigenvalue weighted by atomic mass is 9.86. The van der Waals surface area contributed by atoms with Crippen LogP contribution >= 0.6 is 0 Å². The largest absolute Gasteiger partial charge is 0.370 e. The lowest BCUT2D eigenvalue weighted by molar-refractivity contribution is -0.352. The van der Waals surface area contributed by atoms with E-state index in [-0.39, 0.29) is 30.7 Å². The van der Waals surface area contributed by atoms with Gasteiger partial charge in [-0.15, -0.1) is 0 Å². The van der Waals surface area contributed by atoms with Crippen LogP contribution in [0.1, 0.15) is 34.1 Å². The van der Waals surface area contributed by atoms with Crippen molar-refractivity contribution in [2.75, 3.05) is 13.2 Å². The molecule has 3 aliphatic rings. The van der Waals surface area contributed by atoms with Crippen molar-refractivity contribution in [3.8, 4) is 0 Å². The first-order chi connectivity index (χ1) is 9.00. The number of fused-ring (bicyclic) bond motifs is 3. The van der Waals surface area contributed by atoms with Gasteiger partial charge < -0.3 is 23.7 Å². The van der Waals surface area contributed by atoms with Crippen LogP contribution in [0.5, 0.6) is 0 Å². The van der Waals surface area contributed by atoms with Gasteiger partial charge in [-0.05, 0) is 27.7 Å². The van der Waals surface area contributed by atoms with Gasteiger partial charge in [0.25, 0.3) is 0 Å². The molecule has 3 saturated heterocycles. The molecular formula is C14H24O5. The molecule has 0 aromatic carbocycles. The second-order valence-electron chi connectivity index (χ2n) is 6.06. The molecule has 0 saturated carbocycles. The first-order valence-corrected chi connectivity index (χ1v) is 7.24. The molecule has 3 aliphatic heterocycles. The second-order valence-corrected chi connectivity index (χ2v) is 6.06. The van der Waals surface area contributed by atoms with E-state index in [2.05, 4.69) is 6.92 Å². The summed E-state index contributed by atoms with van der Waals surface area (Å²) >= 11 is 0. The topological polar surface area (TPSA) is 46.2 Å². The van der Waals surface area contributed by atoms with Crippen molar-refractivity contribution in [3.63, 3.8) is 0 Å². The van der Waals surface area contributed by atoms with Crippen LogP contribution in [0, 0.1) is 5.92 Å². The number of hydrogen-bond donors (Lipinski definition) is 0. The van der Waals surface area contributed by atoms with Crippen molar-refractivity contribution in [2.45, 2.75) is 70.6 Å². The molecule has 0 N–H and O–H groups in total. The van der Waals surface area contributed by atoms with Crippen molar-refractivity contribution < 1.29 is 23.7 Å². The summed E-state index contributed by atoms with van der Waals surface area (Å²) in [5.41, 5.74) is 0. The Morgan fingerprint density at radius 2 is 2.00 bits per heavy atom. The molecule has 0 radical (unpaired) electrons. The third kappa shape index (κ3) is 2.54. The Morgan fingerprint density at radius 3 is 2.74 bits per heavy atom. The van der Waals surface area contributed by atoms with Gasteiger partial charge in [-0.1, -0.05) is 0 Å². The van der Waals surface area contributed by atoms with E-state index in [9.17, 15) is 0 Å². The van der Waals surface area contributed by atoms with Crippen LogP contribution in [0.4, 0.5) is 0 Å². The van der Waals surface area contributed by atoms with E-state index in [4.69, 9.17) is 23.7 Å². The zero-order chi connectivity index (χ0) is 13.6. The molecule has 3 heterocycles. The van der Waals surface area contributed by atoms with E-state index in [0.29, 0.717) is 19.1 Å². The van der Waals surface area contributed by atoms with Gasteiger partial charge >= 0.3 is 0 Å². The van der Waals surface area contributed by atoms with Crippen molar-refractivity contribution in [1.29, 1.82) is 0 Å². The summed E-state index contributed by atoms with van der Waals surface area (Å²) in [5, 5.41) is 0. The summed E-state index contributed by atoms with van der Waals surface area (Å²) in [6, 6.07) is 0. The number of hydrogen-bond acceptors (Lipinski definition) is 5. The molecule has 0 amide bonds. The van der Waals surface area contributed by atoms with E-state index >= 15 is 0 Å². The van der Waals surface area contributed by atoms with Gasteiger partial charge in [0.2, 0.25) is 0 Å². The maximum atomic E-state index is 6.06. The molecule has 110 valence electrons. The minimum atomic E-state index is -0.567. The maximum absolute atomic E-state index is 6.06. The van der Waals surface area contributed by atoms with Crippen molar-refractivity contribution in [1.82, 2.24) is 0 Å². The summed E-state index contributed by atoms with van der Waals surface area (Å²) in [6.45, 7) is 9.20. The molecular weight excluding hydrogens is 248 g/mol. The highest BCUT2D eigenvalue weighted by Crippen LogP contribution is 2.42. The number of ether oxygens (including phenoxy) is 5. The van der Waals surface area contributed by atoms with Crippen LogP contribution in [0.15, 0.2) is 0 Å². The quantitative estimate of drug-likeness (QED) is 0.765. The minimum absolute atomic E-state index is 0.0374. The van der Waals surface area contributed by atoms with Crippen LogP contribution in [0.2, 0.25) is 0 Å². The van der Waals surface area contributed by atoms with E-state index in [1.54, 1.807) is 0 Å². The van der Waals surface area contributed by atoms with Gasteiger partial charge in [0.1, 0.15) is 12.2 Å². The standard InChI is InChI=1S/C14H24O5/c1-5-15-11-6-9-8(2)17-10-7-16-14(3,4)19-13(10)12(9)18-11/h8-13H,5-7H2,1-4H3/t8-,9+,10+,11?,12+,13+/m0/s1. The molecule has 3 fully saturated rings. The highest BCUT2D eigenvalue weighted by atomic mass is 16.7. The Kier molecular flexibility index (Phi) is 3.60. The fourth-order valence-corrected chi connectivity index (χ4v) is 3.35. The first kappa shape index (κ1) is 13.8. The lowest BCUT2D eigenvalue weighted by Crippen LogP contribution is -2.61. The molecule has 19 heavy (non-hydrogen) atoms. The normalized spacial score (nSPS) is 48.6. The van der Waals surface area contributed by atoms with E-state index < -0.39 is 5.79 Å². The monoisotopic (exact) mass is 272 g/mol. The van der Waals surface area contributed by atoms with Crippen LogP contribution in [-0.4, -0.2) is 49.7 Å². The Balaban J connectivity index is 1.76. The van der Waals surface area contributed by atoms with E-state index in [1.807, 2.05) is 20.8 Å². The summed E-state index contributed by atoms with van der Waals surface area (Å²) in [4.78, 5) is 0. The van der Waals surface area contributed by atoms with Crippen molar-refractivity contribution in [3.05, 3.63) is 0 Å². The molecule has 5 nitrogen and oxygen atoms in total. The van der Waals surface area contributed by atoms with Crippen molar-refractivity contribution in [2.24, 2.45) is 5.92 Å². The fraction of sp³-hybridized carbons (Fsp3) is 1.00. The Morgan fingerprint density at radius 1 is 1.21 bits per heavy atom. The predicted octanol–water partition coefficient (Wildman–Crippen LogP) is 1.69. The Bertz CT molecular complexity index is 332. The second kappa shape index (κ2) is 4.97. The SMILES string of the molecule is CCOC1C[C@H]2[C@@H](O1)[C@@H]1OC(C)(C)OC[C@H]1O[C@H]2C. The third-order valence-corrected chi connectivity index (χ3v) is 4.25. The lowest BCUT2D eigenvalue weighted by Gasteiger charge is -2.48. The van der Waals surface area contributed by atoms with E-state index in [1.165, 1.54) is 0 Å². The summed E-state index contributed by atoms with van der Waals surface area (Å²) in [7, 11) is 0. The average Bonchev–Trinajstić information content (AvgIpc) is 2.75. The van der Waals surface area contributed by atoms with Gasteiger partial charge in [0.15, 0.2) is 12.1 Å². The van der Waals surface area contributed by atoms with Crippen LogP contribution in [-0.2, 0) is 23.7 Å². The first-order valence-electron chi connectivity index (χ1n) is 7.24. The third-order valence-electron chi connectivity index (χ3n) is 4.25. The number of rotatable bonds is 2. The average molecular weight is 272 g/mol. The minimum Gasteiger partial charge on any atom is -0.370 e. The fourth-order valence-electron chi connectivity index (χ4n) is 3.35.